The number of hydrogen-bond donors (Lipinski definition) is 0. The molecule has 0 aromatic heterocycles. The fourth-order valence-electron chi connectivity index (χ4n) is 1.31. The molecule has 0 radical (unpaired) electrons. The summed E-state index contributed by atoms with van der Waals surface area (Å²) >= 11 is 0. The van der Waals surface area contributed by atoms with E-state index in [0.717, 1.165) is 5.56 Å². The van der Waals surface area contributed by atoms with Gasteiger partial charge in [-0.2, -0.15) is 0 Å². The summed E-state index contributed by atoms with van der Waals surface area (Å²) in [5.41, 5.74) is 1.26. The summed E-state index contributed by atoms with van der Waals surface area (Å²) in [6, 6.07) is 7.12. The Bertz CT molecular complexity index is 433. The monoisotopic (exact) mass is 254 g/mol. The van der Waals surface area contributed by atoms with Gasteiger partial charge in [0.2, 0.25) is 0 Å². The van der Waals surface area contributed by atoms with Crippen LogP contribution >= 0.6 is 0 Å². The second kappa shape index (κ2) is 5.45. The summed E-state index contributed by atoms with van der Waals surface area (Å²) in [5.74, 6) is -0.0130. The molecular formula is C13H18O3S. The molecule has 4 heteroatoms. The van der Waals surface area contributed by atoms with Gasteiger partial charge >= 0.3 is 5.97 Å². The van der Waals surface area contributed by atoms with E-state index in [9.17, 15) is 9.00 Å². The number of benzene rings is 1. The summed E-state index contributed by atoms with van der Waals surface area (Å²) in [5, 5.41) is 0. The van der Waals surface area contributed by atoms with Gasteiger partial charge in [0.25, 0.3) is 0 Å². The number of esters is 1. The summed E-state index contributed by atoms with van der Waals surface area (Å²) in [6.07, 6.45) is 0. The standard InChI is InChI=1S/C13H18O3S/c1-13(2,3)17(15)9-10-7-5-6-8-11(10)12(14)16-4/h5-8H,9H2,1-4H3. The highest BCUT2D eigenvalue weighted by molar-refractivity contribution is 7.85. The maximum atomic E-state index is 12.1. The minimum Gasteiger partial charge on any atom is -0.465 e. The minimum absolute atomic E-state index is 0.288. The summed E-state index contributed by atoms with van der Waals surface area (Å²) in [4.78, 5) is 11.5. The molecule has 17 heavy (non-hydrogen) atoms. The van der Waals surface area contributed by atoms with Crippen LogP contribution in [0.2, 0.25) is 0 Å². The van der Waals surface area contributed by atoms with E-state index in [4.69, 9.17) is 4.74 Å². The van der Waals surface area contributed by atoms with Gasteiger partial charge in [-0.3, -0.25) is 4.21 Å². The molecule has 1 rings (SSSR count). The van der Waals surface area contributed by atoms with Crippen molar-refractivity contribution in [2.45, 2.75) is 31.3 Å². The molecule has 0 bridgehead atoms. The molecular weight excluding hydrogens is 236 g/mol. The lowest BCUT2D eigenvalue weighted by Crippen LogP contribution is -2.23. The van der Waals surface area contributed by atoms with Crippen molar-refractivity contribution in [2.75, 3.05) is 7.11 Å². The predicted octanol–water partition coefficient (Wildman–Crippen LogP) is 2.52. The van der Waals surface area contributed by atoms with Crippen LogP contribution in [0.4, 0.5) is 0 Å². The predicted molar refractivity (Wildman–Crippen MR) is 69.4 cm³/mol. The zero-order valence-electron chi connectivity index (χ0n) is 10.6. The second-order valence-electron chi connectivity index (χ2n) is 4.75. The van der Waals surface area contributed by atoms with Crippen molar-refractivity contribution in [1.82, 2.24) is 0 Å². The Labute approximate surface area is 105 Å². The number of ether oxygens (including phenoxy) is 1. The van der Waals surface area contributed by atoms with E-state index in [1.165, 1.54) is 7.11 Å². The molecule has 0 amide bonds. The third-order valence-corrected chi connectivity index (χ3v) is 4.33. The van der Waals surface area contributed by atoms with Crippen LogP contribution in [-0.4, -0.2) is 22.0 Å². The van der Waals surface area contributed by atoms with Crippen LogP contribution in [0.25, 0.3) is 0 Å². The van der Waals surface area contributed by atoms with E-state index in [0.29, 0.717) is 11.3 Å². The normalized spacial score (nSPS) is 13.2. The number of hydrogen-bond acceptors (Lipinski definition) is 3. The van der Waals surface area contributed by atoms with Crippen LogP contribution < -0.4 is 0 Å². The molecule has 0 spiro atoms. The van der Waals surface area contributed by atoms with E-state index in [1.54, 1.807) is 12.1 Å². The van der Waals surface area contributed by atoms with Gasteiger partial charge in [0, 0.05) is 21.3 Å². The van der Waals surface area contributed by atoms with E-state index in [1.807, 2.05) is 32.9 Å². The maximum absolute atomic E-state index is 12.1. The first-order valence-electron chi connectivity index (χ1n) is 5.41. The fraction of sp³-hybridized carbons (Fsp3) is 0.462. The van der Waals surface area contributed by atoms with Gasteiger partial charge in [-0.1, -0.05) is 18.2 Å². The molecule has 1 atom stereocenters. The van der Waals surface area contributed by atoms with Gasteiger partial charge in [-0.15, -0.1) is 0 Å². The molecule has 0 aliphatic rings. The van der Waals surface area contributed by atoms with Crippen molar-refractivity contribution >= 4 is 16.8 Å². The van der Waals surface area contributed by atoms with Crippen molar-refractivity contribution in [3.05, 3.63) is 35.4 Å². The Balaban J connectivity index is 2.99. The van der Waals surface area contributed by atoms with Crippen molar-refractivity contribution in [2.24, 2.45) is 0 Å². The summed E-state index contributed by atoms with van der Waals surface area (Å²) in [7, 11) is 0.322. The van der Waals surface area contributed by atoms with Crippen LogP contribution in [0.1, 0.15) is 36.7 Å². The molecule has 0 N–H and O–H groups in total. The Morgan fingerprint density at radius 3 is 2.41 bits per heavy atom. The van der Waals surface area contributed by atoms with Crippen molar-refractivity contribution in [3.8, 4) is 0 Å². The smallest absolute Gasteiger partial charge is 0.338 e. The average Bonchev–Trinajstić information content (AvgIpc) is 2.27. The van der Waals surface area contributed by atoms with Crippen LogP contribution in [0.5, 0.6) is 0 Å². The lowest BCUT2D eigenvalue weighted by Gasteiger charge is -2.18. The highest BCUT2D eigenvalue weighted by atomic mass is 32.2. The topological polar surface area (TPSA) is 43.4 Å². The van der Waals surface area contributed by atoms with Gasteiger partial charge in [0.1, 0.15) is 0 Å². The van der Waals surface area contributed by atoms with Crippen LogP contribution in [0.15, 0.2) is 24.3 Å². The summed E-state index contributed by atoms with van der Waals surface area (Å²) in [6.45, 7) is 5.76. The molecule has 0 fully saturated rings. The lowest BCUT2D eigenvalue weighted by atomic mass is 10.1. The average molecular weight is 254 g/mol. The van der Waals surface area contributed by atoms with E-state index >= 15 is 0 Å². The SMILES string of the molecule is COC(=O)c1ccccc1CS(=O)C(C)(C)C. The van der Waals surface area contributed by atoms with E-state index in [-0.39, 0.29) is 10.7 Å². The quantitative estimate of drug-likeness (QED) is 0.778. The Morgan fingerprint density at radius 2 is 1.88 bits per heavy atom. The first-order valence-corrected chi connectivity index (χ1v) is 6.73. The molecule has 94 valence electrons. The molecule has 1 aromatic carbocycles. The van der Waals surface area contributed by atoms with Gasteiger partial charge < -0.3 is 4.74 Å². The van der Waals surface area contributed by atoms with Crippen molar-refractivity contribution in [1.29, 1.82) is 0 Å². The van der Waals surface area contributed by atoms with Crippen molar-refractivity contribution < 1.29 is 13.7 Å². The largest absolute Gasteiger partial charge is 0.465 e. The van der Waals surface area contributed by atoms with Crippen LogP contribution in [0.3, 0.4) is 0 Å². The third kappa shape index (κ3) is 3.66. The Hall–Kier alpha value is -1.16. The summed E-state index contributed by atoms with van der Waals surface area (Å²) < 4.78 is 16.5. The number of methoxy groups -OCH3 is 1. The minimum atomic E-state index is -1.02. The first kappa shape index (κ1) is 13.9. The van der Waals surface area contributed by atoms with E-state index in [2.05, 4.69) is 0 Å². The molecule has 0 aliphatic carbocycles. The Kier molecular flexibility index (Phi) is 4.46. The van der Waals surface area contributed by atoms with E-state index < -0.39 is 10.8 Å². The zero-order valence-corrected chi connectivity index (χ0v) is 11.5. The maximum Gasteiger partial charge on any atom is 0.338 e. The number of carbonyl (C=O) groups excluding carboxylic acids is 1. The molecule has 0 saturated heterocycles. The number of carbonyl (C=O) groups is 1. The lowest BCUT2D eigenvalue weighted by molar-refractivity contribution is 0.0600. The molecule has 0 aliphatic heterocycles. The van der Waals surface area contributed by atoms with Crippen LogP contribution in [0, 0.1) is 0 Å². The van der Waals surface area contributed by atoms with Gasteiger partial charge in [-0.25, -0.2) is 4.79 Å². The highest BCUT2D eigenvalue weighted by Gasteiger charge is 2.21. The number of rotatable bonds is 3. The molecule has 0 heterocycles. The molecule has 3 nitrogen and oxygen atoms in total. The van der Waals surface area contributed by atoms with Gasteiger partial charge in [0.15, 0.2) is 0 Å². The van der Waals surface area contributed by atoms with Gasteiger partial charge in [-0.05, 0) is 32.4 Å². The van der Waals surface area contributed by atoms with Crippen molar-refractivity contribution in [3.63, 3.8) is 0 Å². The Morgan fingerprint density at radius 1 is 1.29 bits per heavy atom. The zero-order chi connectivity index (χ0) is 13.1. The first-order chi connectivity index (χ1) is 7.86. The van der Waals surface area contributed by atoms with Gasteiger partial charge in [0.05, 0.1) is 12.7 Å². The highest BCUT2D eigenvalue weighted by Crippen LogP contribution is 2.19. The second-order valence-corrected chi connectivity index (χ2v) is 6.96. The molecule has 1 aromatic rings. The molecule has 1 unspecified atom stereocenters. The molecule has 0 saturated carbocycles. The fourth-order valence-corrected chi connectivity index (χ4v) is 2.28. The third-order valence-electron chi connectivity index (χ3n) is 2.39. The van der Waals surface area contributed by atoms with Crippen LogP contribution in [-0.2, 0) is 21.3 Å².